The second-order valence-corrected chi connectivity index (χ2v) is 12.2. The Kier molecular flexibility index (Phi) is 6.89. The zero-order chi connectivity index (χ0) is 24.1. The molecular weight excluding hydrogens is 422 g/mol. The number of carbonyl (C=O) groups is 2. The number of aliphatic carboxylic acids is 1. The molecule has 11 atom stereocenters. The molecule has 4 fully saturated rings. The summed E-state index contributed by atoms with van der Waals surface area (Å²) in [6.07, 6.45) is 5.86. The fraction of sp³-hybridized carbons (Fsp3) is 0.923. The first-order chi connectivity index (χ1) is 15.5. The van der Waals surface area contributed by atoms with Gasteiger partial charge in [0.2, 0.25) is 5.91 Å². The Balaban J connectivity index is 1.49. The van der Waals surface area contributed by atoms with Gasteiger partial charge in [-0.05, 0) is 97.7 Å². The summed E-state index contributed by atoms with van der Waals surface area (Å²) in [6.45, 7) is 6.35. The van der Waals surface area contributed by atoms with Gasteiger partial charge in [-0.15, -0.1) is 0 Å². The van der Waals surface area contributed by atoms with Crippen LogP contribution in [0, 0.1) is 46.3 Å². The van der Waals surface area contributed by atoms with Crippen molar-refractivity contribution in [1.82, 2.24) is 5.32 Å². The largest absolute Gasteiger partial charge is 0.480 e. The van der Waals surface area contributed by atoms with Gasteiger partial charge >= 0.3 is 5.97 Å². The molecular formula is C26H43NO6. The predicted molar refractivity (Wildman–Crippen MR) is 123 cm³/mol. The van der Waals surface area contributed by atoms with E-state index in [0.717, 1.165) is 38.5 Å². The number of hydrogen-bond donors (Lipinski definition) is 5. The second kappa shape index (κ2) is 9.12. The Morgan fingerprint density at radius 1 is 1.03 bits per heavy atom. The normalized spacial score (nSPS) is 47.7. The molecule has 5 N–H and O–H groups in total. The van der Waals surface area contributed by atoms with Gasteiger partial charge in [-0.2, -0.15) is 0 Å². The van der Waals surface area contributed by atoms with E-state index in [-0.39, 0.29) is 65.1 Å². The van der Waals surface area contributed by atoms with Crippen LogP contribution in [0.2, 0.25) is 0 Å². The number of fused-ring (bicyclic) bond motifs is 5. The number of rotatable bonds is 6. The first kappa shape index (κ1) is 24.9. The third-order valence-electron chi connectivity index (χ3n) is 10.8. The Hall–Kier alpha value is -1.18. The molecule has 0 unspecified atom stereocenters. The number of aliphatic hydroxyl groups excluding tert-OH is 3. The number of nitrogens with one attached hydrogen (secondary N) is 1. The Morgan fingerprint density at radius 3 is 2.45 bits per heavy atom. The SMILES string of the molecule is C[C@H](CCC(=O)NCC(=O)O)[C@H]1CC[C@@H]2[C@H]3[C@H](O)C[C@@H]4C[C@H](O)CC[C@]4(C)[C@H]3C[C@H](O)[C@@]21C. The number of hydrogen-bond acceptors (Lipinski definition) is 5. The summed E-state index contributed by atoms with van der Waals surface area (Å²) >= 11 is 0. The molecule has 188 valence electrons. The maximum absolute atomic E-state index is 12.0. The standard InChI is InChI=1S/C26H43NO6/c1-14(4-7-22(31)27-13-23(32)33)17-5-6-18-24-19(12-21(30)26(17,18)3)25(2)9-8-16(28)10-15(25)11-20(24)29/h14-21,24,28-30H,4-13H2,1-3H3,(H,27,31)(H,32,33)/t14-,15+,16-,17-,18-,19+,20-,21+,24-,25+,26-/m1/s1. The highest BCUT2D eigenvalue weighted by Crippen LogP contribution is 2.68. The number of carbonyl (C=O) groups excluding carboxylic acids is 1. The van der Waals surface area contributed by atoms with Gasteiger partial charge in [-0.1, -0.05) is 20.8 Å². The number of amides is 1. The van der Waals surface area contributed by atoms with Crippen molar-refractivity contribution in [2.45, 2.75) is 96.9 Å². The highest BCUT2D eigenvalue weighted by Gasteiger charge is 2.65. The highest BCUT2D eigenvalue weighted by atomic mass is 16.4. The van der Waals surface area contributed by atoms with E-state index in [1.54, 1.807) is 0 Å². The zero-order valence-electron chi connectivity index (χ0n) is 20.4. The van der Waals surface area contributed by atoms with Crippen LogP contribution in [0.4, 0.5) is 0 Å². The van der Waals surface area contributed by atoms with E-state index in [0.29, 0.717) is 25.2 Å². The molecule has 4 aliphatic carbocycles. The fourth-order valence-electron chi connectivity index (χ4n) is 8.95. The Morgan fingerprint density at radius 2 is 1.76 bits per heavy atom. The van der Waals surface area contributed by atoms with Gasteiger partial charge in [-0.3, -0.25) is 9.59 Å². The van der Waals surface area contributed by atoms with E-state index >= 15 is 0 Å². The summed E-state index contributed by atoms with van der Waals surface area (Å²) in [4.78, 5) is 22.7. The molecule has 0 saturated heterocycles. The lowest BCUT2D eigenvalue weighted by Gasteiger charge is -2.63. The van der Waals surface area contributed by atoms with Crippen LogP contribution in [0.3, 0.4) is 0 Å². The van der Waals surface area contributed by atoms with Crippen LogP contribution in [0.25, 0.3) is 0 Å². The molecule has 0 aliphatic heterocycles. The molecule has 33 heavy (non-hydrogen) atoms. The minimum Gasteiger partial charge on any atom is -0.480 e. The zero-order valence-corrected chi connectivity index (χ0v) is 20.4. The average molecular weight is 466 g/mol. The maximum Gasteiger partial charge on any atom is 0.322 e. The number of carboxylic acids is 1. The summed E-state index contributed by atoms with van der Waals surface area (Å²) in [5, 5.41) is 44.4. The molecule has 0 bridgehead atoms. The Labute approximate surface area is 197 Å². The van der Waals surface area contributed by atoms with Crippen molar-refractivity contribution in [3.63, 3.8) is 0 Å². The highest BCUT2D eigenvalue weighted by molar-refractivity contribution is 5.81. The molecule has 4 saturated carbocycles. The molecule has 0 aromatic carbocycles. The first-order valence-corrected chi connectivity index (χ1v) is 13.0. The fourth-order valence-corrected chi connectivity index (χ4v) is 8.95. The van der Waals surface area contributed by atoms with Gasteiger partial charge < -0.3 is 25.7 Å². The van der Waals surface area contributed by atoms with E-state index in [9.17, 15) is 24.9 Å². The van der Waals surface area contributed by atoms with Gasteiger partial charge in [0.15, 0.2) is 0 Å². The molecule has 0 spiro atoms. The summed E-state index contributed by atoms with van der Waals surface area (Å²) < 4.78 is 0. The van der Waals surface area contributed by atoms with Crippen LogP contribution >= 0.6 is 0 Å². The Bertz CT molecular complexity index is 759. The molecule has 4 rings (SSSR count). The van der Waals surface area contributed by atoms with Crippen LogP contribution in [-0.4, -0.2) is 57.2 Å². The first-order valence-electron chi connectivity index (χ1n) is 13.0. The van der Waals surface area contributed by atoms with Crippen LogP contribution in [0.5, 0.6) is 0 Å². The third kappa shape index (κ3) is 4.23. The quantitative estimate of drug-likeness (QED) is 0.410. The lowest BCUT2D eigenvalue weighted by Crippen LogP contribution is -2.62. The van der Waals surface area contributed by atoms with Gasteiger partial charge in [0.25, 0.3) is 0 Å². The van der Waals surface area contributed by atoms with Crippen molar-refractivity contribution in [2.75, 3.05) is 6.54 Å². The summed E-state index contributed by atoms with van der Waals surface area (Å²) in [5.74, 6) is 0.265. The molecule has 1 amide bonds. The van der Waals surface area contributed by atoms with E-state index in [4.69, 9.17) is 5.11 Å². The van der Waals surface area contributed by atoms with E-state index < -0.39 is 12.1 Å². The van der Waals surface area contributed by atoms with Gasteiger partial charge in [0.05, 0.1) is 18.3 Å². The number of aliphatic hydroxyl groups is 3. The summed E-state index contributed by atoms with van der Waals surface area (Å²) in [7, 11) is 0. The van der Waals surface area contributed by atoms with Crippen molar-refractivity contribution in [3.05, 3.63) is 0 Å². The maximum atomic E-state index is 12.0. The molecule has 7 nitrogen and oxygen atoms in total. The van der Waals surface area contributed by atoms with Crippen LogP contribution in [0.1, 0.15) is 78.6 Å². The van der Waals surface area contributed by atoms with Crippen molar-refractivity contribution in [2.24, 2.45) is 46.3 Å². The van der Waals surface area contributed by atoms with Crippen molar-refractivity contribution >= 4 is 11.9 Å². The lowest BCUT2D eigenvalue weighted by atomic mass is 9.43. The monoisotopic (exact) mass is 465 g/mol. The number of carboxylic acid groups (broad SMARTS) is 1. The van der Waals surface area contributed by atoms with Crippen LogP contribution in [-0.2, 0) is 9.59 Å². The third-order valence-corrected chi connectivity index (χ3v) is 10.8. The molecule has 0 radical (unpaired) electrons. The van der Waals surface area contributed by atoms with Gasteiger partial charge in [0.1, 0.15) is 6.54 Å². The minimum absolute atomic E-state index is 0.0668. The van der Waals surface area contributed by atoms with E-state index in [2.05, 4.69) is 26.1 Å². The lowest BCUT2D eigenvalue weighted by molar-refractivity contribution is -0.207. The van der Waals surface area contributed by atoms with Gasteiger partial charge in [-0.25, -0.2) is 0 Å². The van der Waals surface area contributed by atoms with Crippen LogP contribution < -0.4 is 5.32 Å². The smallest absolute Gasteiger partial charge is 0.322 e. The average Bonchev–Trinajstić information content (AvgIpc) is 3.11. The van der Waals surface area contributed by atoms with Crippen LogP contribution in [0.15, 0.2) is 0 Å². The predicted octanol–water partition coefficient (Wildman–Crippen LogP) is 2.56. The van der Waals surface area contributed by atoms with Crippen molar-refractivity contribution < 1.29 is 30.0 Å². The molecule has 0 aromatic rings. The van der Waals surface area contributed by atoms with Crippen molar-refractivity contribution in [1.29, 1.82) is 0 Å². The molecule has 7 heteroatoms. The topological polar surface area (TPSA) is 127 Å². The van der Waals surface area contributed by atoms with E-state index in [1.165, 1.54) is 0 Å². The second-order valence-electron chi connectivity index (χ2n) is 12.2. The molecule has 0 aromatic heterocycles. The van der Waals surface area contributed by atoms with Gasteiger partial charge in [0, 0.05) is 6.42 Å². The van der Waals surface area contributed by atoms with E-state index in [1.807, 2.05) is 0 Å². The molecule has 4 aliphatic rings. The van der Waals surface area contributed by atoms with Crippen molar-refractivity contribution in [3.8, 4) is 0 Å². The minimum atomic E-state index is -1.04. The molecule has 0 heterocycles. The summed E-state index contributed by atoms with van der Waals surface area (Å²) in [5.41, 5.74) is -0.214. The summed E-state index contributed by atoms with van der Waals surface area (Å²) in [6, 6.07) is 0.